The topological polar surface area (TPSA) is 49.4 Å². The van der Waals surface area contributed by atoms with E-state index < -0.39 is 0 Å². The van der Waals surface area contributed by atoms with E-state index >= 15 is 0 Å². The van der Waals surface area contributed by atoms with Gasteiger partial charge >= 0.3 is 0 Å². The smallest absolute Gasteiger partial charge is 0.260 e. The highest BCUT2D eigenvalue weighted by Gasteiger charge is 2.28. The summed E-state index contributed by atoms with van der Waals surface area (Å²) in [7, 11) is 0. The summed E-state index contributed by atoms with van der Waals surface area (Å²) in [6, 6.07) is 12.2. The number of para-hydroxylation sites is 2. The molecule has 0 saturated heterocycles. The molecule has 0 radical (unpaired) electrons. The van der Waals surface area contributed by atoms with Crippen LogP contribution in [0.3, 0.4) is 0 Å². The molecule has 0 aromatic heterocycles. The van der Waals surface area contributed by atoms with Gasteiger partial charge in [-0.3, -0.25) is 14.5 Å². The maximum atomic E-state index is 12.7. The van der Waals surface area contributed by atoms with Gasteiger partial charge in [-0.1, -0.05) is 39.7 Å². The summed E-state index contributed by atoms with van der Waals surface area (Å²) in [5.41, 5.74) is 1.64. The fourth-order valence-corrected chi connectivity index (χ4v) is 2.78. The number of hydrogen-bond acceptors (Lipinski definition) is 2. The Morgan fingerprint density at radius 2 is 2.00 bits per heavy atom. The zero-order valence-corrected chi connectivity index (χ0v) is 13.1. The van der Waals surface area contributed by atoms with Crippen molar-refractivity contribution in [3.05, 3.63) is 57.5 Å². The molecule has 2 aromatic carbocycles. The van der Waals surface area contributed by atoms with E-state index in [2.05, 4.69) is 21.2 Å². The normalized spacial score (nSPS) is 13.6. The number of anilines is 2. The fourth-order valence-electron chi connectivity index (χ4n) is 2.22. The zero-order chi connectivity index (χ0) is 15.0. The Kier molecular flexibility index (Phi) is 3.69. The second-order valence-electron chi connectivity index (χ2n) is 4.58. The fraction of sp³-hybridized carbons (Fsp3) is 0.0667. The van der Waals surface area contributed by atoms with E-state index in [-0.39, 0.29) is 18.4 Å². The Bertz CT molecular complexity index is 748. The monoisotopic (exact) mass is 364 g/mol. The molecule has 0 unspecified atom stereocenters. The molecular weight excluding hydrogens is 356 g/mol. The third-order valence-corrected chi connectivity index (χ3v) is 4.00. The van der Waals surface area contributed by atoms with E-state index in [1.807, 2.05) is 6.07 Å². The Hall–Kier alpha value is -1.85. The summed E-state index contributed by atoms with van der Waals surface area (Å²) in [5.74, 6) is -0.531. The van der Waals surface area contributed by atoms with E-state index in [9.17, 15) is 9.59 Å². The second kappa shape index (κ2) is 5.50. The van der Waals surface area contributed by atoms with Crippen LogP contribution in [0, 0.1) is 0 Å². The summed E-state index contributed by atoms with van der Waals surface area (Å²) in [4.78, 5) is 25.9. The molecule has 4 nitrogen and oxygen atoms in total. The Morgan fingerprint density at radius 1 is 1.24 bits per heavy atom. The lowest BCUT2D eigenvalue weighted by Crippen LogP contribution is -2.42. The van der Waals surface area contributed by atoms with E-state index in [0.717, 1.165) is 4.47 Å². The minimum absolute atomic E-state index is 0.0291. The van der Waals surface area contributed by atoms with Crippen molar-refractivity contribution in [3.8, 4) is 0 Å². The predicted octanol–water partition coefficient (Wildman–Crippen LogP) is 3.70. The molecule has 1 N–H and O–H groups in total. The van der Waals surface area contributed by atoms with Gasteiger partial charge in [0.1, 0.15) is 6.54 Å². The Labute approximate surface area is 134 Å². The van der Waals surface area contributed by atoms with Crippen molar-refractivity contribution in [1.82, 2.24) is 0 Å². The van der Waals surface area contributed by atoms with Gasteiger partial charge in [0.25, 0.3) is 5.91 Å². The number of carbonyl (C=O) groups excluding carboxylic acids is 2. The van der Waals surface area contributed by atoms with Gasteiger partial charge in [0.2, 0.25) is 5.91 Å². The quantitative estimate of drug-likeness (QED) is 0.837. The zero-order valence-electron chi connectivity index (χ0n) is 10.8. The van der Waals surface area contributed by atoms with Crippen LogP contribution in [0.1, 0.15) is 10.4 Å². The molecule has 1 heterocycles. The average molecular weight is 366 g/mol. The molecule has 2 aromatic rings. The lowest BCUT2D eigenvalue weighted by atomic mass is 10.1. The maximum absolute atomic E-state index is 12.7. The standard InChI is InChI=1S/C15H10BrClN2O2/c16-9-5-6-11(17)10(7-9)15(21)19-8-14(20)18-12-3-1-2-4-13(12)19/h1-7H,8H2,(H,18,20). The molecule has 0 bridgehead atoms. The number of nitrogens with one attached hydrogen (secondary N) is 1. The molecule has 21 heavy (non-hydrogen) atoms. The summed E-state index contributed by atoms with van der Waals surface area (Å²) < 4.78 is 0.755. The van der Waals surface area contributed by atoms with Gasteiger partial charge in [0.15, 0.2) is 0 Å². The van der Waals surface area contributed by atoms with Gasteiger partial charge < -0.3 is 5.32 Å². The molecule has 6 heteroatoms. The van der Waals surface area contributed by atoms with Crippen LogP contribution in [0.2, 0.25) is 5.02 Å². The minimum Gasteiger partial charge on any atom is -0.323 e. The molecule has 0 aliphatic carbocycles. The Balaban J connectivity index is 2.06. The van der Waals surface area contributed by atoms with Crippen LogP contribution in [-0.2, 0) is 4.79 Å². The van der Waals surface area contributed by atoms with Crippen molar-refractivity contribution < 1.29 is 9.59 Å². The van der Waals surface area contributed by atoms with Crippen molar-refractivity contribution in [2.75, 3.05) is 16.8 Å². The SMILES string of the molecule is O=C1CN(C(=O)c2cc(Br)ccc2Cl)c2ccccc2N1. The van der Waals surface area contributed by atoms with Crippen LogP contribution >= 0.6 is 27.5 Å². The van der Waals surface area contributed by atoms with Crippen molar-refractivity contribution in [2.45, 2.75) is 0 Å². The van der Waals surface area contributed by atoms with Crippen LogP contribution in [0.25, 0.3) is 0 Å². The summed E-state index contributed by atoms with van der Waals surface area (Å²) >= 11 is 9.43. The van der Waals surface area contributed by atoms with Gasteiger partial charge in [-0.2, -0.15) is 0 Å². The van der Waals surface area contributed by atoms with Crippen molar-refractivity contribution in [2.24, 2.45) is 0 Å². The number of nitrogens with zero attached hydrogens (tertiary/aromatic N) is 1. The molecule has 1 aliphatic rings. The number of rotatable bonds is 1. The molecule has 3 rings (SSSR count). The number of carbonyl (C=O) groups is 2. The third kappa shape index (κ3) is 2.66. The van der Waals surface area contributed by atoms with Gasteiger partial charge in [-0.25, -0.2) is 0 Å². The van der Waals surface area contributed by atoms with E-state index in [4.69, 9.17) is 11.6 Å². The molecule has 0 saturated carbocycles. The lowest BCUT2D eigenvalue weighted by Gasteiger charge is -2.29. The number of amides is 2. The van der Waals surface area contributed by atoms with Crippen LogP contribution in [0.5, 0.6) is 0 Å². The minimum atomic E-state index is -0.302. The number of hydrogen-bond donors (Lipinski definition) is 1. The van der Waals surface area contributed by atoms with Crippen LogP contribution in [0.4, 0.5) is 11.4 Å². The highest BCUT2D eigenvalue weighted by atomic mass is 79.9. The highest BCUT2D eigenvalue weighted by molar-refractivity contribution is 9.10. The number of halogens is 2. The van der Waals surface area contributed by atoms with E-state index in [1.54, 1.807) is 36.4 Å². The van der Waals surface area contributed by atoms with Gasteiger partial charge in [-0.15, -0.1) is 0 Å². The Morgan fingerprint density at radius 3 is 2.81 bits per heavy atom. The first-order valence-electron chi connectivity index (χ1n) is 6.22. The van der Waals surface area contributed by atoms with Crippen LogP contribution in [-0.4, -0.2) is 18.4 Å². The third-order valence-electron chi connectivity index (χ3n) is 3.17. The first-order valence-corrected chi connectivity index (χ1v) is 7.39. The van der Waals surface area contributed by atoms with Crippen molar-refractivity contribution >= 4 is 50.7 Å². The van der Waals surface area contributed by atoms with E-state index in [1.165, 1.54) is 4.90 Å². The average Bonchev–Trinajstić information content (AvgIpc) is 2.48. The van der Waals surface area contributed by atoms with Crippen molar-refractivity contribution in [1.29, 1.82) is 0 Å². The molecule has 0 spiro atoms. The second-order valence-corrected chi connectivity index (χ2v) is 5.90. The summed E-state index contributed by atoms with van der Waals surface area (Å²) in [6.07, 6.45) is 0. The summed E-state index contributed by atoms with van der Waals surface area (Å²) in [6.45, 7) is -0.0291. The first-order chi connectivity index (χ1) is 10.1. The highest BCUT2D eigenvalue weighted by Crippen LogP contribution is 2.31. The molecule has 106 valence electrons. The number of benzene rings is 2. The van der Waals surface area contributed by atoms with Crippen molar-refractivity contribution in [3.63, 3.8) is 0 Å². The van der Waals surface area contributed by atoms with Gasteiger partial charge in [-0.05, 0) is 30.3 Å². The van der Waals surface area contributed by atoms with E-state index in [0.29, 0.717) is 22.0 Å². The molecule has 1 aliphatic heterocycles. The van der Waals surface area contributed by atoms with Crippen LogP contribution in [0.15, 0.2) is 46.9 Å². The lowest BCUT2D eigenvalue weighted by molar-refractivity contribution is -0.115. The summed E-state index contributed by atoms with van der Waals surface area (Å²) in [5, 5.41) is 3.10. The first kappa shape index (κ1) is 14.1. The molecule has 2 amide bonds. The van der Waals surface area contributed by atoms with Gasteiger partial charge in [0, 0.05) is 4.47 Å². The number of fused-ring (bicyclic) bond motifs is 1. The maximum Gasteiger partial charge on any atom is 0.260 e. The van der Waals surface area contributed by atoms with Gasteiger partial charge in [0.05, 0.1) is 22.0 Å². The largest absolute Gasteiger partial charge is 0.323 e. The molecular formula is C15H10BrClN2O2. The molecule has 0 atom stereocenters. The predicted molar refractivity (Wildman–Crippen MR) is 85.9 cm³/mol. The van der Waals surface area contributed by atoms with Crippen LogP contribution < -0.4 is 10.2 Å². The molecule has 0 fully saturated rings.